The van der Waals surface area contributed by atoms with Crippen molar-refractivity contribution in [1.29, 1.82) is 0 Å². The number of hydrogen-bond acceptors (Lipinski definition) is 5. The number of nitrogens with zero attached hydrogens (tertiary/aromatic N) is 3. The van der Waals surface area contributed by atoms with Crippen LogP contribution in [-0.4, -0.2) is 41.9 Å². The molecule has 1 atom stereocenters. The first-order valence-electron chi connectivity index (χ1n) is 7.84. The Labute approximate surface area is 124 Å². The Balaban J connectivity index is 1.59. The second-order valence-electron chi connectivity index (χ2n) is 5.67. The highest BCUT2D eigenvalue weighted by atomic mass is 16.5. The van der Waals surface area contributed by atoms with E-state index in [1.165, 1.54) is 25.7 Å². The van der Waals surface area contributed by atoms with Crippen molar-refractivity contribution < 1.29 is 9.53 Å². The van der Waals surface area contributed by atoms with Crippen LogP contribution in [0.25, 0.3) is 0 Å². The van der Waals surface area contributed by atoms with Gasteiger partial charge in [0.2, 0.25) is 0 Å². The summed E-state index contributed by atoms with van der Waals surface area (Å²) in [4.78, 5) is 14.2. The van der Waals surface area contributed by atoms with Gasteiger partial charge >= 0.3 is 0 Å². The van der Waals surface area contributed by atoms with E-state index in [1.807, 2.05) is 12.1 Å². The average molecular weight is 290 g/mol. The van der Waals surface area contributed by atoms with Gasteiger partial charge in [-0.2, -0.15) is 0 Å². The highest BCUT2D eigenvalue weighted by molar-refractivity contribution is 5.93. The van der Waals surface area contributed by atoms with Crippen molar-refractivity contribution in [2.75, 3.05) is 29.9 Å². The monoisotopic (exact) mass is 290 g/mol. The van der Waals surface area contributed by atoms with Crippen molar-refractivity contribution in [3.05, 3.63) is 12.1 Å². The van der Waals surface area contributed by atoms with Crippen LogP contribution >= 0.6 is 0 Å². The minimum absolute atomic E-state index is 0.121. The summed E-state index contributed by atoms with van der Waals surface area (Å²) >= 11 is 0. The maximum absolute atomic E-state index is 11.9. The van der Waals surface area contributed by atoms with Gasteiger partial charge in [-0.1, -0.05) is 12.8 Å². The number of nitrogens with one attached hydrogen (secondary N) is 1. The van der Waals surface area contributed by atoms with Crippen LogP contribution in [0, 0.1) is 0 Å². The molecular weight excluding hydrogens is 268 g/mol. The summed E-state index contributed by atoms with van der Waals surface area (Å²) in [6, 6.07) is 3.75. The second kappa shape index (κ2) is 6.85. The van der Waals surface area contributed by atoms with Crippen LogP contribution < -0.4 is 10.2 Å². The molecule has 2 aliphatic heterocycles. The first-order valence-corrected chi connectivity index (χ1v) is 7.84. The third-order valence-corrected chi connectivity index (χ3v) is 4.05. The van der Waals surface area contributed by atoms with Crippen LogP contribution in [-0.2, 0) is 9.53 Å². The Hall–Kier alpha value is -1.69. The lowest BCUT2D eigenvalue weighted by molar-refractivity contribution is -0.124. The van der Waals surface area contributed by atoms with Crippen LogP contribution in [0.15, 0.2) is 12.1 Å². The lowest BCUT2D eigenvalue weighted by Crippen LogP contribution is -2.28. The molecule has 1 unspecified atom stereocenters. The first-order chi connectivity index (χ1) is 10.3. The summed E-state index contributed by atoms with van der Waals surface area (Å²) < 4.78 is 5.35. The Bertz CT molecular complexity index is 463. The van der Waals surface area contributed by atoms with E-state index in [0.717, 1.165) is 31.7 Å². The molecule has 1 N–H and O–H groups in total. The SMILES string of the molecule is O=C(Nc1ccc(N2CCCCCC2)nn1)C1CCCO1. The molecule has 1 amide bonds. The zero-order valence-electron chi connectivity index (χ0n) is 12.3. The molecule has 1 aromatic rings. The lowest BCUT2D eigenvalue weighted by atomic mass is 10.2. The van der Waals surface area contributed by atoms with Crippen molar-refractivity contribution in [1.82, 2.24) is 10.2 Å². The number of ether oxygens (including phenoxy) is 1. The topological polar surface area (TPSA) is 67.4 Å². The molecule has 21 heavy (non-hydrogen) atoms. The molecule has 0 spiro atoms. The number of carbonyl (C=O) groups is 1. The molecule has 6 heteroatoms. The highest BCUT2D eigenvalue weighted by Gasteiger charge is 2.24. The number of aromatic nitrogens is 2. The van der Waals surface area contributed by atoms with Gasteiger partial charge in [-0.05, 0) is 37.8 Å². The Morgan fingerprint density at radius 1 is 1.14 bits per heavy atom. The van der Waals surface area contributed by atoms with Crippen molar-refractivity contribution >= 4 is 17.5 Å². The number of amides is 1. The largest absolute Gasteiger partial charge is 0.368 e. The maximum Gasteiger partial charge on any atom is 0.254 e. The van der Waals surface area contributed by atoms with Crippen LogP contribution in [0.5, 0.6) is 0 Å². The van der Waals surface area contributed by atoms with E-state index in [-0.39, 0.29) is 12.0 Å². The number of carbonyl (C=O) groups excluding carboxylic acids is 1. The predicted octanol–water partition coefficient (Wildman–Crippen LogP) is 1.97. The van der Waals surface area contributed by atoms with Crippen molar-refractivity contribution in [3.8, 4) is 0 Å². The number of anilines is 2. The summed E-state index contributed by atoms with van der Waals surface area (Å²) in [7, 11) is 0. The predicted molar refractivity (Wildman–Crippen MR) is 80.3 cm³/mol. The van der Waals surface area contributed by atoms with Gasteiger partial charge in [0.15, 0.2) is 11.6 Å². The summed E-state index contributed by atoms with van der Waals surface area (Å²) in [6.07, 6.45) is 6.39. The molecule has 0 aliphatic carbocycles. The summed E-state index contributed by atoms with van der Waals surface area (Å²) in [5.41, 5.74) is 0. The molecule has 2 aliphatic rings. The second-order valence-corrected chi connectivity index (χ2v) is 5.67. The Morgan fingerprint density at radius 3 is 2.57 bits per heavy atom. The van der Waals surface area contributed by atoms with Gasteiger partial charge in [-0.25, -0.2) is 0 Å². The quantitative estimate of drug-likeness (QED) is 0.922. The van der Waals surface area contributed by atoms with Gasteiger partial charge in [-0.15, -0.1) is 10.2 Å². The molecule has 0 bridgehead atoms. The molecular formula is C15H22N4O2. The number of hydrogen-bond donors (Lipinski definition) is 1. The van der Waals surface area contributed by atoms with E-state index in [9.17, 15) is 4.79 Å². The van der Waals surface area contributed by atoms with Crippen molar-refractivity contribution in [2.45, 2.75) is 44.6 Å². The van der Waals surface area contributed by atoms with E-state index < -0.39 is 0 Å². The van der Waals surface area contributed by atoms with Gasteiger partial charge in [0.25, 0.3) is 5.91 Å². The molecule has 6 nitrogen and oxygen atoms in total. The van der Waals surface area contributed by atoms with Gasteiger partial charge in [-0.3, -0.25) is 4.79 Å². The van der Waals surface area contributed by atoms with Gasteiger partial charge in [0.05, 0.1) is 0 Å². The average Bonchev–Trinajstić information content (AvgIpc) is 2.91. The molecule has 3 heterocycles. The molecule has 2 fully saturated rings. The third-order valence-electron chi connectivity index (χ3n) is 4.05. The standard InChI is InChI=1S/C15H22N4O2/c20-15(12-6-5-11-21-12)16-13-7-8-14(18-17-13)19-9-3-1-2-4-10-19/h7-8,12H,1-6,9-11H2,(H,16,17,20). The van der Waals surface area contributed by atoms with E-state index in [1.54, 1.807) is 0 Å². The van der Waals surface area contributed by atoms with E-state index in [4.69, 9.17) is 4.74 Å². The van der Waals surface area contributed by atoms with E-state index in [2.05, 4.69) is 20.4 Å². The maximum atomic E-state index is 11.9. The van der Waals surface area contributed by atoms with Crippen LogP contribution in [0.3, 0.4) is 0 Å². The normalized spacial score (nSPS) is 22.9. The fraction of sp³-hybridized carbons (Fsp3) is 0.667. The van der Waals surface area contributed by atoms with Gasteiger partial charge in [0.1, 0.15) is 6.10 Å². The summed E-state index contributed by atoms with van der Waals surface area (Å²) in [6.45, 7) is 2.74. The summed E-state index contributed by atoms with van der Waals surface area (Å²) in [5, 5.41) is 11.1. The zero-order chi connectivity index (χ0) is 14.5. The molecule has 1 aromatic heterocycles. The molecule has 0 saturated carbocycles. The van der Waals surface area contributed by atoms with Gasteiger partial charge in [0, 0.05) is 19.7 Å². The lowest BCUT2D eigenvalue weighted by Gasteiger charge is -2.20. The molecule has 2 saturated heterocycles. The fourth-order valence-electron chi connectivity index (χ4n) is 2.85. The molecule has 0 aromatic carbocycles. The number of rotatable bonds is 3. The van der Waals surface area contributed by atoms with E-state index >= 15 is 0 Å². The van der Waals surface area contributed by atoms with Crippen molar-refractivity contribution in [3.63, 3.8) is 0 Å². The Kier molecular flexibility index (Phi) is 4.65. The fourth-order valence-corrected chi connectivity index (χ4v) is 2.85. The minimum atomic E-state index is -0.336. The zero-order valence-corrected chi connectivity index (χ0v) is 12.3. The van der Waals surface area contributed by atoms with Crippen LogP contribution in [0.2, 0.25) is 0 Å². The summed E-state index contributed by atoms with van der Waals surface area (Å²) in [5.74, 6) is 1.27. The van der Waals surface area contributed by atoms with E-state index in [0.29, 0.717) is 12.4 Å². The van der Waals surface area contributed by atoms with Gasteiger partial charge < -0.3 is 15.0 Å². The first kappa shape index (κ1) is 14.3. The molecule has 3 rings (SSSR count). The Morgan fingerprint density at radius 2 is 1.95 bits per heavy atom. The van der Waals surface area contributed by atoms with Crippen LogP contribution in [0.1, 0.15) is 38.5 Å². The third kappa shape index (κ3) is 3.69. The molecule has 0 radical (unpaired) electrons. The molecule has 114 valence electrons. The van der Waals surface area contributed by atoms with Crippen molar-refractivity contribution in [2.24, 2.45) is 0 Å². The highest BCUT2D eigenvalue weighted by Crippen LogP contribution is 2.18. The smallest absolute Gasteiger partial charge is 0.254 e. The van der Waals surface area contributed by atoms with Crippen LogP contribution in [0.4, 0.5) is 11.6 Å². The minimum Gasteiger partial charge on any atom is -0.368 e.